The van der Waals surface area contributed by atoms with Crippen LogP contribution >= 0.6 is 15.6 Å². The van der Waals surface area contributed by atoms with Crippen molar-refractivity contribution in [3.63, 3.8) is 0 Å². The summed E-state index contributed by atoms with van der Waals surface area (Å²) in [5.41, 5.74) is 0. The summed E-state index contributed by atoms with van der Waals surface area (Å²) in [5, 5.41) is 10.6. The number of esters is 4. The van der Waals surface area contributed by atoms with Gasteiger partial charge in [0.25, 0.3) is 0 Å². The lowest BCUT2D eigenvalue weighted by atomic mass is 9.99. The molecule has 0 fully saturated rings. The number of carbonyl (C=O) groups excluding carboxylic acids is 4. The van der Waals surface area contributed by atoms with Gasteiger partial charge in [-0.15, -0.1) is 0 Å². The highest BCUT2D eigenvalue weighted by Crippen LogP contribution is 2.45. The van der Waals surface area contributed by atoms with Gasteiger partial charge in [0.05, 0.1) is 26.4 Å². The van der Waals surface area contributed by atoms with Crippen molar-refractivity contribution < 1.29 is 80.2 Å². The quantitative estimate of drug-likeness (QED) is 0.0222. The Hall–Kier alpha value is -1.94. The van der Waals surface area contributed by atoms with E-state index in [2.05, 4.69) is 48.5 Å². The van der Waals surface area contributed by atoms with Gasteiger partial charge in [-0.05, 0) is 43.4 Å². The van der Waals surface area contributed by atoms with Crippen LogP contribution in [0.4, 0.5) is 0 Å². The molecule has 0 aliphatic rings. The third kappa shape index (κ3) is 71.7. The van der Waals surface area contributed by atoms with E-state index in [1.54, 1.807) is 0 Å². The fraction of sp³-hybridized carbons (Fsp3) is 0.951. The summed E-state index contributed by atoms with van der Waals surface area (Å²) < 4.78 is 68.7. The third-order valence-corrected chi connectivity index (χ3v) is 21.5. The van der Waals surface area contributed by atoms with Crippen LogP contribution < -0.4 is 0 Å². The molecule has 0 spiro atoms. The van der Waals surface area contributed by atoms with Gasteiger partial charge in [0.15, 0.2) is 12.2 Å². The van der Waals surface area contributed by atoms with Crippen LogP contribution in [0.25, 0.3) is 0 Å². The molecule has 0 aromatic heterocycles. The van der Waals surface area contributed by atoms with Gasteiger partial charge in [-0.1, -0.05) is 370 Å². The monoisotopic (exact) mass is 1470 g/mol. The Kier molecular flexibility index (Phi) is 69.9. The molecule has 100 heavy (non-hydrogen) atoms. The number of aliphatic hydroxyl groups is 1. The molecule has 594 valence electrons. The Labute approximate surface area is 613 Å². The Morgan fingerprint density at radius 3 is 0.760 bits per heavy atom. The predicted octanol–water partition coefficient (Wildman–Crippen LogP) is 24.1. The first kappa shape index (κ1) is 98.1. The lowest BCUT2D eigenvalue weighted by molar-refractivity contribution is -0.161. The Morgan fingerprint density at radius 1 is 0.290 bits per heavy atom. The molecular weight excluding hydrogens is 1310 g/mol. The number of aliphatic hydroxyl groups excluding tert-OH is 1. The van der Waals surface area contributed by atoms with E-state index in [-0.39, 0.29) is 25.7 Å². The first-order valence-electron chi connectivity index (χ1n) is 41.9. The second kappa shape index (κ2) is 71.3. The molecule has 0 aromatic rings. The molecule has 0 bridgehead atoms. The molecule has 0 saturated heterocycles. The fourth-order valence-electron chi connectivity index (χ4n) is 12.4. The van der Waals surface area contributed by atoms with Gasteiger partial charge in [0.2, 0.25) is 0 Å². The fourth-order valence-corrected chi connectivity index (χ4v) is 14.0. The van der Waals surface area contributed by atoms with Crippen LogP contribution in [-0.4, -0.2) is 96.7 Å². The van der Waals surface area contributed by atoms with Crippen LogP contribution in [0.1, 0.15) is 421 Å². The summed E-state index contributed by atoms with van der Waals surface area (Å²) in [5.74, 6) is 0.195. The molecular formula is C81H158O17P2. The zero-order valence-corrected chi connectivity index (χ0v) is 67.5. The van der Waals surface area contributed by atoms with Crippen LogP contribution in [0.15, 0.2) is 0 Å². The zero-order chi connectivity index (χ0) is 73.7. The topological polar surface area (TPSA) is 237 Å². The Bertz CT molecular complexity index is 1940. The van der Waals surface area contributed by atoms with Gasteiger partial charge in [0, 0.05) is 25.7 Å². The van der Waals surface area contributed by atoms with E-state index in [4.69, 9.17) is 37.0 Å². The Balaban J connectivity index is 5.23. The number of unbranched alkanes of at least 4 members (excludes halogenated alkanes) is 45. The molecule has 19 heteroatoms. The van der Waals surface area contributed by atoms with Crippen molar-refractivity contribution in [1.82, 2.24) is 0 Å². The summed E-state index contributed by atoms with van der Waals surface area (Å²) in [6.45, 7) is 11.9. The lowest BCUT2D eigenvalue weighted by Gasteiger charge is -2.21. The first-order valence-corrected chi connectivity index (χ1v) is 44.9. The van der Waals surface area contributed by atoms with Crippen LogP contribution in [-0.2, 0) is 65.4 Å². The van der Waals surface area contributed by atoms with E-state index in [0.29, 0.717) is 25.7 Å². The highest BCUT2D eigenvalue weighted by atomic mass is 31.2. The minimum absolute atomic E-state index is 0.104. The third-order valence-electron chi connectivity index (χ3n) is 19.6. The van der Waals surface area contributed by atoms with Crippen molar-refractivity contribution >= 4 is 39.5 Å². The molecule has 0 saturated carbocycles. The van der Waals surface area contributed by atoms with Crippen molar-refractivity contribution in [1.29, 1.82) is 0 Å². The van der Waals surface area contributed by atoms with E-state index in [1.165, 1.54) is 225 Å². The number of phosphoric ester groups is 2. The number of phosphoric acid groups is 2. The maximum Gasteiger partial charge on any atom is 0.472 e. The number of hydrogen-bond acceptors (Lipinski definition) is 15. The molecule has 7 atom stereocenters. The second-order valence-corrected chi connectivity index (χ2v) is 33.0. The molecule has 3 N–H and O–H groups in total. The zero-order valence-electron chi connectivity index (χ0n) is 65.7. The normalized spacial score (nSPS) is 14.5. The summed E-state index contributed by atoms with van der Waals surface area (Å²) in [7, 11) is -9.92. The molecule has 0 rings (SSSR count). The van der Waals surface area contributed by atoms with Crippen LogP contribution in [0.3, 0.4) is 0 Å². The van der Waals surface area contributed by atoms with Crippen molar-refractivity contribution in [3.8, 4) is 0 Å². The number of ether oxygens (including phenoxy) is 4. The van der Waals surface area contributed by atoms with Crippen molar-refractivity contribution in [2.75, 3.05) is 39.6 Å². The minimum Gasteiger partial charge on any atom is -0.462 e. The second-order valence-electron chi connectivity index (χ2n) is 30.1. The lowest BCUT2D eigenvalue weighted by Crippen LogP contribution is -2.30. The smallest absolute Gasteiger partial charge is 0.462 e. The molecule has 0 heterocycles. The summed E-state index contributed by atoms with van der Waals surface area (Å²) in [4.78, 5) is 73.0. The Morgan fingerprint density at radius 2 is 0.510 bits per heavy atom. The molecule has 0 aliphatic carbocycles. The van der Waals surface area contributed by atoms with Crippen LogP contribution in [0.2, 0.25) is 0 Å². The van der Waals surface area contributed by atoms with Gasteiger partial charge in [0.1, 0.15) is 19.3 Å². The van der Waals surface area contributed by atoms with Crippen LogP contribution in [0, 0.1) is 17.8 Å². The maximum absolute atomic E-state index is 13.1. The number of rotatable bonds is 79. The standard InChI is InChI=1S/C81H158O17P2/c1-8-11-12-13-14-15-16-17-18-19-20-21-25-28-31-34-40-48-55-62-78(83)91-68-76(97-80(85)64-57-50-41-35-32-29-26-23-22-24-27-30-33-38-45-52-59-72(4)5)70-95-99(87,88)93-66-75(82)67-94-100(89,90)96-71-77(69-92-79(84)63-56-49-44-43-47-54-61-74(7)10-3)98-81(86)65-58-51-42-37-36-39-46-53-60-73(6)9-2/h72-77,82H,8-71H2,1-7H3,(H,87,88)(H,89,90)/t73?,74?,75-,76-,77-/m1/s1. The van der Waals surface area contributed by atoms with Gasteiger partial charge >= 0.3 is 39.5 Å². The number of hydrogen-bond donors (Lipinski definition) is 3. The van der Waals surface area contributed by atoms with E-state index >= 15 is 0 Å². The SMILES string of the molecule is CCCCCCCCCCCCCCCCCCCCCC(=O)OC[C@H](COP(=O)(O)OC[C@@H](O)COP(=O)(O)OC[C@@H](COC(=O)CCCCCCCCC(C)CC)OC(=O)CCCCCCCCCCC(C)CC)OC(=O)CCCCCCCCCCCCCCCCCCC(C)C. The van der Waals surface area contributed by atoms with E-state index in [0.717, 1.165) is 114 Å². The van der Waals surface area contributed by atoms with Crippen LogP contribution in [0.5, 0.6) is 0 Å². The molecule has 4 unspecified atom stereocenters. The van der Waals surface area contributed by atoms with Gasteiger partial charge in [-0.25, -0.2) is 9.13 Å². The van der Waals surface area contributed by atoms with E-state index in [9.17, 15) is 43.2 Å². The predicted molar refractivity (Wildman–Crippen MR) is 409 cm³/mol. The average Bonchev–Trinajstić information content (AvgIpc) is 0.950. The van der Waals surface area contributed by atoms with Gasteiger partial charge < -0.3 is 33.8 Å². The van der Waals surface area contributed by atoms with Gasteiger partial charge in [-0.3, -0.25) is 37.3 Å². The summed E-state index contributed by atoms with van der Waals surface area (Å²) in [6, 6.07) is 0. The van der Waals surface area contributed by atoms with Gasteiger partial charge in [-0.2, -0.15) is 0 Å². The molecule has 0 amide bonds. The van der Waals surface area contributed by atoms with E-state index < -0.39 is 97.5 Å². The highest BCUT2D eigenvalue weighted by Gasteiger charge is 2.30. The highest BCUT2D eigenvalue weighted by molar-refractivity contribution is 7.47. The first-order chi connectivity index (χ1) is 48.3. The number of carbonyl (C=O) groups is 4. The van der Waals surface area contributed by atoms with Crippen molar-refractivity contribution in [3.05, 3.63) is 0 Å². The van der Waals surface area contributed by atoms with Crippen molar-refractivity contribution in [2.45, 2.75) is 439 Å². The average molecular weight is 1470 g/mol. The minimum atomic E-state index is -4.96. The molecule has 17 nitrogen and oxygen atoms in total. The summed E-state index contributed by atoms with van der Waals surface area (Å²) >= 11 is 0. The maximum atomic E-state index is 13.1. The molecule has 0 aromatic carbocycles. The largest absolute Gasteiger partial charge is 0.472 e. The molecule has 0 radical (unpaired) electrons. The molecule has 0 aliphatic heterocycles. The van der Waals surface area contributed by atoms with E-state index in [1.807, 2.05) is 0 Å². The summed E-state index contributed by atoms with van der Waals surface area (Å²) in [6.07, 6.45) is 59.8. The van der Waals surface area contributed by atoms with Crippen molar-refractivity contribution in [2.24, 2.45) is 17.8 Å².